The van der Waals surface area contributed by atoms with Crippen molar-refractivity contribution >= 4 is 5.97 Å². The number of hydrogen-bond donors (Lipinski definition) is 2. The van der Waals surface area contributed by atoms with Crippen LogP contribution in [0.3, 0.4) is 0 Å². The van der Waals surface area contributed by atoms with E-state index in [0.29, 0.717) is 0 Å². The van der Waals surface area contributed by atoms with Gasteiger partial charge >= 0.3 is 5.97 Å². The Labute approximate surface area is 134 Å². The van der Waals surface area contributed by atoms with E-state index in [1.54, 1.807) is 12.1 Å². The first kappa shape index (κ1) is 18.5. The number of hydrogen-bond acceptors (Lipinski definition) is 2. The molecule has 2 N–H and O–H groups in total. The normalized spacial score (nSPS) is 10.8. The van der Waals surface area contributed by atoms with Crippen molar-refractivity contribution in [2.75, 3.05) is 0 Å². The fourth-order valence-corrected chi connectivity index (χ4v) is 2.71. The van der Waals surface area contributed by atoms with E-state index >= 15 is 0 Å². The minimum absolute atomic E-state index is 0.107. The van der Waals surface area contributed by atoms with Crippen LogP contribution in [0.5, 0.6) is 5.75 Å². The summed E-state index contributed by atoms with van der Waals surface area (Å²) in [6, 6.07) is 4.63. The molecule has 0 saturated heterocycles. The lowest BCUT2D eigenvalue weighted by molar-refractivity contribution is 0.0696. The van der Waals surface area contributed by atoms with Gasteiger partial charge < -0.3 is 10.2 Å². The van der Waals surface area contributed by atoms with Crippen molar-refractivity contribution in [2.24, 2.45) is 0 Å². The maximum Gasteiger partial charge on any atom is 0.335 e. The fraction of sp³-hybridized carbons (Fsp3) is 0.632. The topological polar surface area (TPSA) is 57.5 Å². The highest BCUT2D eigenvalue weighted by Gasteiger charge is 2.07. The zero-order chi connectivity index (χ0) is 16.2. The van der Waals surface area contributed by atoms with Crippen LogP contribution < -0.4 is 0 Å². The highest BCUT2D eigenvalue weighted by molar-refractivity contribution is 5.88. The Balaban J connectivity index is 2.09. The van der Waals surface area contributed by atoms with Crippen LogP contribution in [0.1, 0.15) is 87.1 Å². The molecule has 124 valence electrons. The Bertz CT molecular complexity index is 440. The number of aromatic carboxylic acids is 1. The number of unbranched alkanes of at least 4 members (excludes halogenated alkanes) is 9. The van der Waals surface area contributed by atoms with Gasteiger partial charge in [0.2, 0.25) is 0 Å². The zero-order valence-corrected chi connectivity index (χ0v) is 13.8. The van der Waals surface area contributed by atoms with E-state index in [0.717, 1.165) is 18.4 Å². The first-order valence-corrected chi connectivity index (χ1v) is 8.70. The molecule has 0 amide bonds. The van der Waals surface area contributed by atoms with Crippen LogP contribution in [0.15, 0.2) is 18.2 Å². The fourth-order valence-electron chi connectivity index (χ4n) is 2.71. The maximum atomic E-state index is 10.8. The maximum absolute atomic E-state index is 10.8. The second-order valence-corrected chi connectivity index (χ2v) is 6.08. The lowest BCUT2D eigenvalue weighted by Gasteiger charge is -2.06. The average Bonchev–Trinajstić information content (AvgIpc) is 2.50. The Morgan fingerprint density at radius 3 is 1.95 bits per heavy atom. The Morgan fingerprint density at radius 2 is 1.45 bits per heavy atom. The third-order valence-corrected chi connectivity index (χ3v) is 4.13. The summed E-state index contributed by atoms with van der Waals surface area (Å²) in [5.74, 6) is -0.892. The average molecular weight is 306 g/mol. The molecule has 1 aromatic rings. The predicted molar refractivity (Wildman–Crippen MR) is 90.6 cm³/mol. The lowest BCUT2D eigenvalue weighted by Crippen LogP contribution is -1.97. The molecule has 0 heterocycles. The van der Waals surface area contributed by atoms with E-state index in [2.05, 4.69) is 6.92 Å². The standard InChI is InChI=1S/C19H30O3/c1-2-3-4-5-6-7-8-9-10-11-12-16-13-14-17(19(21)22)15-18(16)20/h13-15,20H,2-12H2,1H3,(H,21,22). The van der Waals surface area contributed by atoms with Crippen LogP contribution in [-0.2, 0) is 6.42 Å². The van der Waals surface area contributed by atoms with Gasteiger partial charge in [-0.05, 0) is 30.5 Å². The van der Waals surface area contributed by atoms with Crippen LogP contribution in [0.4, 0.5) is 0 Å². The van der Waals surface area contributed by atoms with Crippen molar-refractivity contribution in [1.29, 1.82) is 0 Å². The molecule has 0 fully saturated rings. The van der Waals surface area contributed by atoms with Gasteiger partial charge in [-0.3, -0.25) is 0 Å². The monoisotopic (exact) mass is 306 g/mol. The highest BCUT2D eigenvalue weighted by Crippen LogP contribution is 2.21. The Hall–Kier alpha value is -1.51. The second kappa shape index (κ2) is 11.1. The van der Waals surface area contributed by atoms with E-state index in [9.17, 15) is 9.90 Å². The van der Waals surface area contributed by atoms with E-state index in [1.165, 1.54) is 63.9 Å². The molecule has 0 radical (unpaired) electrons. The van der Waals surface area contributed by atoms with Crippen molar-refractivity contribution in [3.8, 4) is 5.75 Å². The third kappa shape index (κ3) is 7.48. The molecule has 0 aliphatic rings. The van der Waals surface area contributed by atoms with E-state index in [-0.39, 0.29) is 11.3 Å². The number of carboxylic acid groups (broad SMARTS) is 1. The van der Waals surface area contributed by atoms with Crippen molar-refractivity contribution in [2.45, 2.75) is 77.6 Å². The molecule has 0 aliphatic heterocycles. The Morgan fingerprint density at radius 1 is 0.909 bits per heavy atom. The van der Waals surface area contributed by atoms with Crippen LogP contribution in [-0.4, -0.2) is 16.2 Å². The highest BCUT2D eigenvalue weighted by atomic mass is 16.4. The van der Waals surface area contributed by atoms with Crippen LogP contribution >= 0.6 is 0 Å². The first-order chi connectivity index (χ1) is 10.6. The first-order valence-electron chi connectivity index (χ1n) is 8.70. The number of phenolic OH excluding ortho intramolecular Hbond substituents is 1. The second-order valence-electron chi connectivity index (χ2n) is 6.08. The minimum atomic E-state index is -0.999. The summed E-state index contributed by atoms with van der Waals surface area (Å²) in [7, 11) is 0. The smallest absolute Gasteiger partial charge is 0.335 e. The summed E-state index contributed by atoms with van der Waals surface area (Å²) in [5.41, 5.74) is 0.994. The van der Waals surface area contributed by atoms with Gasteiger partial charge in [0, 0.05) is 0 Å². The Kier molecular flexibility index (Phi) is 9.36. The summed E-state index contributed by atoms with van der Waals surface area (Å²) in [4.78, 5) is 10.8. The number of aromatic hydroxyl groups is 1. The van der Waals surface area contributed by atoms with E-state index in [4.69, 9.17) is 5.11 Å². The van der Waals surface area contributed by atoms with Gasteiger partial charge in [-0.15, -0.1) is 0 Å². The number of benzene rings is 1. The molecule has 3 heteroatoms. The lowest BCUT2D eigenvalue weighted by atomic mass is 10.0. The summed E-state index contributed by atoms with van der Waals surface area (Å²) in [6.07, 6.45) is 13.7. The van der Waals surface area contributed by atoms with Gasteiger partial charge in [0.25, 0.3) is 0 Å². The summed E-state index contributed by atoms with van der Waals surface area (Å²) in [6.45, 7) is 2.24. The van der Waals surface area contributed by atoms with Crippen molar-refractivity contribution < 1.29 is 15.0 Å². The molecule has 0 aliphatic carbocycles. The molecule has 0 aromatic heterocycles. The molecule has 3 nitrogen and oxygen atoms in total. The number of carboxylic acids is 1. The van der Waals surface area contributed by atoms with E-state index < -0.39 is 5.97 Å². The molecular weight excluding hydrogens is 276 g/mol. The number of rotatable bonds is 12. The molecule has 0 unspecified atom stereocenters. The molecule has 0 bridgehead atoms. The van der Waals surface area contributed by atoms with Gasteiger partial charge in [-0.1, -0.05) is 70.8 Å². The zero-order valence-electron chi connectivity index (χ0n) is 13.8. The van der Waals surface area contributed by atoms with Crippen LogP contribution in [0.25, 0.3) is 0 Å². The van der Waals surface area contributed by atoms with Crippen LogP contribution in [0.2, 0.25) is 0 Å². The summed E-state index contributed by atoms with van der Waals surface area (Å²) < 4.78 is 0. The van der Waals surface area contributed by atoms with Gasteiger partial charge in [-0.2, -0.15) is 0 Å². The largest absolute Gasteiger partial charge is 0.508 e. The summed E-state index contributed by atoms with van der Waals surface area (Å²) in [5, 5.41) is 18.7. The quantitative estimate of drug-likeness (QED) is 0.497. The minimum Gasteiger partial charge on any atom is -0.508 e. The van der Waals surface area contributed by atoms with Gasteiger partial charge in [0.15, 0.2) is 0 Å². The van der Waals surface area contributed by atoms with Gasteiger partial charge in [0.1, 0.15) is 5.75 Å². The molecule has 0 spiro atoms. The van der Waals surface area contributed by atoms with Crippen LogP contribution in [0, 0.1) is 0 Å². The van der Waals surface area contributed by atoms with Gasteiger partial charge in [0.05, 0.1) is 5.56 Å². The van der Waals surface area contributed by atoms with Crippen molar-refractivity contribution in [3.63, 3.8) is 0 Å². The molecule has 1 rings (SSSR count). The molecule has 0 saturated carbocycles. The van der Waals surface area contributed by atoms with E-state index in [1.807, 2.05) is 0 Å². The van der Waals surface area contributed by atoms with Crippen molar-refractivity contribution in [3.05, 3.63) is 29.3 Å². The predicted octanol–water partition coefficient (Wildman–Crippen LogP) is 5.55. The summed E-state index contributed by atoms with van der Waals surface area (Å²) >= 11 is 0. The SMILES string of the molecule is CCCCCCCCCCCCc1ccc(C(=O)O)cc1O. The van der Waals surface area contributed by atoms with Crippen molar-refractivity contribution in [1.82, 2.24) is 0 Å². The molecule has 0 atom stereocenters. The number of carbonyl (C=O) groups is 1. The molecule has 22 heavy (non-hydrogen) atoms. The number of phenols is 1. The molecular formula is C19H30O3. The van der Waals surface area contributed by atoms with Gasteiger partial charge in [-0.25, -0.2) is 4.79 Å². The number of aryl methyl sites for hydroxylation is 1. The third-order valence-electron chi connectivity index (χ3n) is 4.13. The molecule has 1 aromatic carbocycles.